The molecule has 1 aliphatic rings. The number of hydrogen-bond acceptors (Lipinski definition) is 8. The smallest absolute Gasteiger partial charge is 0.360 e. The Balaban J connectivity index is 1.74. The predicted octanol–water partition coefficient (Wildman–Crippen LogP) is 4.53. The third-order valence-corrected chi connectivity index (χ3v) is 7.37. The van der Waals surface area contributed by atoms with E-state index in [9.17, 15) is 4.79 Å². The van der Waals surface area contributed by atoms with E-state index in [2.05, 4.69) is 15.2 Å². The van der Waals surface area contributed by atoms with E-state index >= 15 is 4.39 Å². The summed E-state index contributed by atoms with van der Waals surface area (Å²) in [5.74, 6) is -0.351. The maximum absolute atomic E-state index is 15.5. The van der Waals surface area contributed by atoms with E-state index in [1.54, 1.807) is 30.2 Å². The van der Waals surface area contributed by atoms with Crippen LogP contribution in [0.5, 0.6) is 0 Å². The Hall–Kier alpha value is -4.12. The molecule has 0 bridgehead atoms. The van der Waals surface area contributed by atoms with Gasteiger partial charge >= 0.3 is 5.97 Å². The van der Waals surface area contributed by atoms with Gasteiger partial charge in [-0.1, -0.05) is 5.16 Å². The van der Waals surface area contributed by atoms with E-state index in [0.717, 1.165) is 22.3 Å². The van der Waals surface area contributed by atoms with Crippen LogP contribution in [0, 0.1) is 25.6 Å². The lowest BCUT2D eigenvalue weighted by atomic mass is 9.88. The summed E-state index contributed by atoms with van der Waals surface area (Å²) in [6.45, 7) is 4.83. The molecule has 11 heteroatoms. The maximum Gasteiger partial charge on any atom is 0.360 e. The van der Waals surface area contributed by atoms with Crippen molar-refractivity contribution in [3.05, 3.63) is 59.3 Å². The Labute approximate surface area is 217 Å². The van der Waals surface area contributed by atoms with E-state index in [4.69, 9.17) is 19.0 Å². The van der Waals surface area contributed by atoms with Crippen molar-refractivity contribution in [2.75, 3.05) is 20.3 Å². The van der Waals surface area contributed by atoms with Gasteiger partial charge in [0, 0.05) is 43.8 Å². The van der Waals surface area contributed by atoms with Crippen molar-refractivity contribution < 1.29 is 23.2 Å². The van der Waals surface area contributed by atoms with Gasteiger partial charge in [0.25, 0.3) is 0 Å². The van der Waals surface area contributed by atoms with Crippen molar-refractivity contribution in [1.29, 1.82) is 0 Å². The highest BCUT2D eigenvalue weighted by Crippen LogP contribution is 2.42. The van der Waals surface area contributed by atoms with Crippen molar-refractivity contribution in [2.45, 2.75) is 32.7 Å². The second kappa shape index (κ2) is 9.32. The topological polar surface area (TPSA) is 110 Å². The zero-order valence-corrected chi connectivity index (χ0v) is 21.6. The minimum absolute atomic E-state index is 0.0135. The van der Waals surface area contributed by atoms with Crippen LogP contribution in [-0.2, 0) is 16.5 Å². The van der Waals surface area contributed by atoms with Gasteiger partial charge in [0.2, 0.25) is 0 Å². The Morgan fingerprint density at radius 2 is 2.00 bits per heavy atom. The Bertz CT molecular complexity index is 1660. The number of aryl methyl sites for hydroxylation is 3. The van der Waals surface area contributed by atoms with Crippen LogP contribution in [0.1, 0.15) is 46.5 Å². The second-order valence-corrected chi connectivity index (χ2v) is 9.59. The van der Waals surface area contributed by atoms with Crippen LogP contribution in [0.2, 0.25) is 0 Å². The molecule has 6 rings (SSSR count). The highest BCUT2D eigenvalue weighted by Gasteiger charge is 2.36. The number of ether oxygens (including phenoxy) is 2. The Morgan fingerprint density at radius 1 is 1.21 bits per heavy atom. The minimum Gasteiger partial charge on any atom is -0.464 e. The Kier molecular flexibility index (Phi) is 5.94. The normalized spacial score (nSPS) is 15.4. The van der Waals surface area contributed by atoms with Crippen molar-refractivity contribution in [3.63, 3.8) is 0 Å². The van der Waals surface area contributed by atoms with Gasteiger partial charge in [-0.25, -0.2) is 9.18 Å². The lowest BCUT2D eigenvalue weighted by Gasteiger charge is -2.32. The van der Waals surface area contributed by atoms with Crippen LogP contribution in [0.15, 0.2) is 35.1 Å². The van der Waals surface area contributed by atoms with E-state index < -0.39 is 17.8 Å². The standard InChI is InChI=1S/C27H27FN6O4/c1-14-20(15(2)38-32-14)17-12-19-22(30-13-17)25-26(23(27(35)36-4)31-33(25)3)34(19)24(16-7-10-37-11-8-16)21-18(28)6-5-9-29-21/h5-6,9,12-13,16,24H,7-8,10-11H2,1-4H3/t24-/m0/s1. The summed E-state index contributed by atoms with van der Waals surface area (Å²) in [7, 11) is 3.07. The number of aromatic nitrogens is 6. The third-order valence-electron chi connectivity index (χ3n) is 7.37. The summed E-state index contributed by atoms with van der Waals surface area (Å²) in [6.07, 6.45) is 4.75. The summed E-state index contributed by atoms with van der Waals surface area (Å²) < 4.78 is 35.2. The van der Waals surface area contributed by atoms with Gasteiger partial charge in [-0.05, 0) is 50.8 Å². The average Bonchev–Trinajstić information content (AvgIpc) is 3.56. The van der Waals surface area contributed by atoms with Gasteiger partial charge in [-0.2, -0.15) is 5.10 Å². The second-order valence-electron chi connectivity index (χ2n) is 9.59. The molecule has 0 aromatic carbocycles. The van der Waals surface area contributed by atoms with Crippen LogP contribution < -0.4 is 0 Å². The minimum atomic E-state index is -0.585. The average molecular weight is 519 g/mol. The van der Waals surface area contributed by atoms with E-state index in [0.29, 0.717) is 54.1 Å². The molecule has 1 aliphatic heterocycles. The number of carbonyl (C=O) groups excluding carboxylic acids is 1. The van der Waals surface area contributed by atoms with Crippen LogP contribution >= 0.6 is 0 Å². The van der Waals surface area contributed by atoms with E-state index in [1.165, 1.54) is 13.2 Å². The number of halogens is 1. The number of rotatable bonds is 5. The van der Waals surface area contributed by atoms with E-state index in [1.807, 2.05) is 24.5 Å². The highest BCUT2D eigenvalue weighted by molar-refractivity contribution is 6.12. The first kappa shape index (κ1) is 24.2. The number of pyridine rings is 2. The fourth-order valence-electron chi connectivity index (χ4n) is 5.70. The Morgan fingerprint density at radius 3 is 2.68 bits per heavy atom. The summed E-state index contributed by atoms with van der Waals surface area (Å²) in [6, 6.07) is 4.43. The highest BCUT2D eigenvalue weighted by atomic mass is 19.1. The first-order chi connectivity index (χ1) is 18.4. The summed E-state index contributed by atoms with van der Waals surface area (Å²) in [4.78, 5) is 22.3. The van der Waals surface area contributed by atoms with Crippen molar-refractivity contribution >= 4 is 28.0 Å². The number of fused-ring (bicyclic) bond motifs is 3. The maximum atomic E-state index is 15.5. The zero-order valence-electron chi connectivity index (χ0n) is 21.6. The fraction of sp³-hybridized carbons (Fsp3) is 0.370. The monoisotopic (exact) mass is 518 g/mol. The van der Waals surface area contributed by atoms with Crippen molar-refractivity contribution in [3.8, 4) is 11.1 Å². The fourth-order valence-corrected chi connectivity index (χ4v) is 5.70. The van der Waals surface area contributed by atoms with Gasteiger partial charge in [0.15, 0.2) is 5.69 Å². The van der Waals surface area contributed by atoms with Gasteiger partial charge in [0.05, 0.1) is 30.1 Å². The van der Waals surface area contributed by atoms with Gasteiger partial charge in [-0.15, -0.1) is 0 Å². The van der Waals surface area contributed by atoms with Crippen LogP contribution in [0.25, 0.3) is 33.2 Å². The number of esters is 1. The van der Waals surface area contributed by atoms with Crippen LogP contribution in [0.3, 0.4) is 0 Å². The van der Waals surface area contributed by atoms with E-state index in [-0.39, 0.29) is 11.6 Å². The molecule has 0 radical (unpaired) electrons. The first-order valence-corrected chi connectivity index (χ1v) is 12.5. The van der Waals surface area contributed by atoms with Crippen molar-refractivity contribution in [1.82, 2.24) is 29.5 Å². The molecule has 0 spiro atoms. The lowest BCUT2D eigenvalue weighted by molar-refractivity contribution is 0.0539. The SMILES string of the molecule is COC(=O)c1nn(C)c2c3ncc(-c4c(C)noc4C)cc3n([C@H](c3ncccc3F)C3CCOCC3)c12. The lowest BCUT2D eigenvalue weighted by Crippen LogP contribution is -2.28. The largest absolute Gasteiger partial charge is 0.464 e. The summed E-state index contributed by atoms with van der Waals surface area (Å²) in [5.41, 5.74) is 5.34. The quantitative estimate of drug-likeness (QED) is 0.312. The molecule has 0 N–H and O–H groups in total. The molecule has 0 aliphatic carbocycles. The van der Waals surface area contributed by atoms with Crippen LogP contribution in [0.4, 0.5) is 4.39 Å². The molecule has 10 nitrogen and oxygen atoms in total. The molecule has 6 heterocycles. The number of nitrogens with zero attached hydrogens (tertiary/aromatic N) is 6. The van der Waals surface area contributed by atoms with Crippen LogP contribution in [-0.4, -0.2) is 55.8 Å². The molecule has 1 atom stereocenters. The molecular weight excluding hydrogens is 491 g/mol. The zero-order chi connectivity index (χ0) is 26.6. The molecule has 5 aromatic rings. The predicted molar refractivity (Wildman–Crippen MR) is 136 cm³/mol. The summed E-state index contributed by atoms with van der Waals surface area (Å²) >= 11 is 0. The molecule has 5 aromatic heterocycles. The van der Waals surface area contributed by atoms with Gasteiger partial charge in [-0.3, -0.25) is 14.6 Å². The van der Waals surface area contributed by atoms with Gasteiger partial charge in [0.1, 0.15) is 28.1 Å². The number of hydrogen-bond donors (Lipinski definition) is 0. The molecule has 1 fully saturated rings. The first-order valence-electron chi connectivity index (χ1n) is 12.5. The molecule has 1 saturated heterocycles. The molecule has 0 unspecified atom stereocenters. The molecular formula is C27H27FN6O4. The molecule has 0 amide bonds. The van der Waals surface area contributed by atoms with Gasteiger partial charge < -0.3 is 18.6 Å². The third kappa shape index (κ3) is 3.68. The number of methoxy groups -OCH3 is 1. The van der Waals surface area contributed by atoms with Crippen molar-refractivity contribution in [2.24, 2.45) is 13.0 Å². The summed E-state index contributed by atoms with van der Waals surface area (Å²) in [5, 5.41) is 8.59. The molecule has 0 saturated carbocycles. The number of carbonyl (C=O) groups is 1. The molecule has 196 valence electrons. The molecule has 38 heavy (non-hydrogen) atoms.